The highest BCUT2D eigenvalue weighted by Gasteiger charge is 2.49. The molecule has 2 heterocycles. The Morgan fingerprint density at radius 2 is 1.77 bits per heavy atom. The van der Waals surface area contributed by atoms with Gasteiger partial charge in [-0.2, -0.15) is 13.2 Å². The van der Waals surface area contributed by atoms with Crippen molar-refractivity contribution in [3.05, 3.63) is 71.3 Å². The minimum absolute atomic E-state index is 0.0747. The van der Waals surface area contributed by atoms with Crippen molar-refractivity contribution in [2.24, 2.45) is 0 Å². The van der Waals surface area contributed by atoms with Gasteiger partial charge in [0.05, 0.1) is 36.5 Å². The van der Waals surface area contributed by atoms with E-state index in [0.717, 1.165) is 17.7 Å². The Labute approximate surface area is 172 Å². The van der Waals surface area contributed by atoms with Gasteiger partial charge in [0.15, 0.2) is 0 Å². The Morgan fingerprint density at radius 1 is 1.10 bits per heavy atom. The second-order valence-corrected chi connectivity index (χ2v) is 7.81. The van der Waals surface area contributed by atoms with Crippen LogP contribution in [0.5, 0.6) is 0 Å². The summed E-state index contributed by atoms with van der Waals surface area (Å²) in [7, 11) is 0. The van der Waals surface area contributed by atoms with E-state index >= 15 is 0 Å². The number of rotatable bonds is 3. The third kappa shape index (κ3) is 4.15. The van der Waals surface area contributed by atoms with Crippen LogP contribution in [0.1, 0.15) is 29.5 Å². The first-order chi connectivity index (χ1) is 14.3. The van der Waals surface area contributed by atoms with Crippen molar-refractivity contribution in [2.75, 3.05) is 13.2 Å². The van der Waals surface area contributed by atoms with Crippen molar-refractivity contribution in [2.45, 2.75) is 43.3 Å². The zero-order valence-corrected chi connectivity index (χ0v) is 16.1. The lowest BCUT2D eigenvalue weighted by Gasteiger charge is -2.51. The summed E-state index contributed by atoms with van der Waals surface area (Å²) in [4.78, 5) is 14.3. The summed E-state index contributed by atoms with van der Waals surface area (Å²) in [5, 5.41) is 11.2. The van der Waals surface area contributed by atoms with E-state index in [1.54, 1.807) is 4.90 Å². The fourth-order valence-electron chi connectivity index (χ4n) is 4.29. The van der Waals surface area contributed by atoms with Crippen molar-refractivity contribution in [1.29, 1.82) is 0 Å². The second-order valence-electron chi connectivity index (χ2n) is 7.81. The van der Waals surface area contributed by atoms with E-state index < -0.39 is 35.5 Å². The number of fused-ring (bicyclic) bond motifs is 2. The predicted octanol–water partition coefficient (Wildman–Crippen LogP) is 4.09. The van der Waals surface area contributed by atoms with E-state index in [0.29, 0.717) is 0 Å². The van der Waals surface area contributed by atoms with Crippen LogP contribution in [-0.4, -0.2) is 41.4 Å². The Morgan fingerprint density at radius 3 is 2.40 bits per heavy atom. The van der Waals surface area contributed by atoms with Gasteiger partial charge in [-0.25, -0.2) is 4.79 Å². The molecule has 0 radical (unpaired) electrons. The minimum atomic E-state index is -4.49. The number of morpholine rings is 1. The summed E-state index contributed by atoms with van der Waals surface area (Å²) in [6.45, 7) is 0.505. The third-order valence-electron chi connectivity index (χ3n) is 5.70. The van der Waals surface area contributed by atoms with Gasteiger partial charge in [0.1, 0.15) is 6.61 Å². The zero-order chi connectivity index (χ0) is 21.4. The van der Waals surface area contributed by atoms with Crippen LogP contribution < -0.4 is 0 Å². The number of carbonyl (C=O) groups is 1. The fraction of sp³-hybridized carbons (Fsp3) is 0.409. The normalized spacial score (nSPS) is 26.3. The van der Waals surface area contributed by atoms with E-state index in [4.69, 9.17) is 9.47 Å². The molecule has 2 aliphatic rings. The van der Waals surface area contributed by atoms with Crippen LogP contribution in [0.15, 0.2) is 54.6 Å². The molecule has 160 valence electrons. The van der Waals surface area contributed by atoms with Crippen molar-refractivity contribution in [3.63, 3.8) is 0 Å². The average molecular weight is 421 g/mol. The number of benzene rings is 2. The molecular weight excluding hydrogens is 399 g/mol. The van der Waals surface area contributed by atoms with Crippen molar-refractivity contribution >= 4 is 6.09 Å². The fourth-order valence-corrected chi connectivity index (χ4v) is 4.29. The maximum absolute atomic E-state index is 13.1. The lowest BCUT2D eigenvalue weighted by atomic mass is 9.76. The van der Waals surface area contributed by atoms with Crippen molar-refractivity contribution < 1.29 is 32.5 Å². The predicted molar refractivity (Wildman–Crippen MR) is 101 cm³/mol. The SMILES string of the molecule is O=C(OCc1ccccc1)N1C2COCC1CC(O)(c1cccc(C(F)(F)F)c1)C2. The van der Waals surface area contributed by atoms with Gasteiger partial charge < -0.3 is 14.6 Å². The molecular formula is C22H22F3NO4. The molecule has 2 atom stereocenters. The standard InChI is InChI=1S/C22H22F3NO4/c23-22(24,25)17-8-4-7-16(9-17)21(28)10-18-13-29-14-19(11-21)26(18)20(27)30-12-15-5-2-1-3-6-15/h1-9,18-19,28H,10-14H2. The first-order valence-corrected chi connectivity index (χ1v) is 9.73. The van der Waals surface area contributed by atoms with Gasteiger partial charge in [-0.05, 0) is 23.3 Å². The number of alkyl halides is 3. The Bertz CT molecular complexity index is 889. The largest absolute Gasteiger partial charge is 0.445 e. The van der Waals surface area contributed by atoms with E-state index in [2.05, 4.69) is 0 Å². The van der Waals surface area contributed by atoms with Crippen molar-refractivity contribution in [3.8, 4) is 0 Å². The molecule has 1 N–H and O–H groups in total. The summed E-state index contributed by atoms with van der Waals surface area (Å²) < 4.78 is 50.3. The monoisotopic (exact) mass is 421 g/mol. The third-order valence-corrected chi connectivity index (χ3v) is 5.70. The summed E-state index contributed by atoms with van der Waals surface area (Å²) in [6, 6.07) is 13.0. The number of nitrogens with zero attached hydrogens (tertiary/aromatic N) is 1. The van der Waals surface area contributed by atoms with Crippen LogP contribution in [-0.2, 0) is 27.9 Å². The van der Waals surface area contributed by atoms with Gasteiger partial charge >= 0.3 is 12.3 Å². The molecule has 1 amide bonds. The van der Waals surface area contributed by atoms with E-state index in [1.165, 1.54) is 12.1 Å². The van der Waals surface area contributed by atoms with Gasteiger partial charge in [0, 0.05) is 12.8 Å². The van der Waals surface area contributed by atoms with Gasteiger partial charge in [0.25, 0.3) is 0 Å². The Hall–Kier alpha value is -2.58. The summed E-state index contributed by atoms with van der Waals surface area (Å²) >= 11 is 0. The lowest BCUT2D eigenvalue weighted by Crippen LogP contribution is -2.62. The maximum atomic E-state index is 13.1. The molecule has 0 aromatic heterocycles. The van der Waals surface area contributed by atoms with Crippen LogP contribution in [0.25, 0.3) is 0 Å². The molecule has 4 rings (SSSR count). The van der Waals surface area contributed by atoms with Crippen LogP contribution in [0.2, 0.25) is 0 Å². The number of halogens is 3. The van der Waals surface area contributed by atoms with Gasteiger partial charge in [0.2, 0.25) is 0 Å². The van der Waals surface area contributed by atoms with E-state index in [9.17, 15) is 23.1 Å². The number of ether oxygens (including phenoxy) is 2. The molecule has 2 aromatic carbocycles. The number of amides is 1. The van der Waals surface area contributed by atoms with Gasteiger partial charge in [-0.15, -0.1) is 0 Å². The molecule has 2 fully saturated rings. The summed E-state index contributed by atoms with van der Waals surface area (Å²) in [5.41, 5.74) is -1.23. The molecule has 2 aromatic rings. The van der Waals surface area contributed by atoms with Gasteiger partial charge in [-0.3, -0.25) is 4.90 Å². The zero-order valence-electron chi connectivity index (χ0n) is 16.1. The number of aliphatic hydroxyl groups is 1. The van der Waals surface area contributed by atoms with Crippen LogP contribution in [0, 0.1) is 0 Å². The first-order valence-electron chi connectivity index (χ1n) is 9.73. The maximum Gasteiger partial charge on any atom is 0.416 e. The van der Waals surface area contributed by atoms with E-state index in [1.807, 2.05) is 30.3 Å². The molecule has 0 saturated carbocycles. The number of hydrogen-bond acceptors (Lipinski definition) is 4. The van der Waals surface area contributed by atoms with Crippen molar-refractivity contribution in [1.82, 2.24) is 4.90 Å². The van der Waals surface area contributed by atoms with Crippen LogP contribution in [0.4, 0.5) is 18.0 Å². The molecule has 2 aliphatic heterocycles. The number of carbonyl (C=O) groups excluding carboxylic acids is 1. The Balaban J connectivity index is 1.51. The smallest absolute Gasteiger partial charge is 0.416 e. The number of piperidine rings is 1. The molecule has 5 nitrogen and oxygen atoms in total. The number of hydrogen-bond donors (Lipinski definition) is 1. The minimum Gasteiger partial charge on any atom is -0.445 e. The highest BCUT2D eigenvalue weighted by molar-refractivity contribution is 5.69. The Kier molecular flexibility index (Phi) is 5.46. The lowest BCUT2D eigenvalue weighted by molar-refractivity contribution is -0.140. The van der Waals surface area contributed by atoms with Crippen LogP contribution in [0.3, 0.4) is 0 Å². The molecule has 2 bridgehead atoms. The van der Waals surface area contributed by atoms with E-state index in [-0.39, 0.29) is 38.2 Å². The molecule has 8 heteroatoms. The quantitative estimate of drug-likeness (QED) is 0.811. The molecule has 30 heavy (non-hydrogen) atoms. The highest BCUT2D eigenvalue weighted by Crippen LogP contribution is 2.42. The molecule has 2 unspecified atom stereocenters. The second kappa shape index (κ2) is 7.92. The average Bonchev–Trinajstić information content (AvgIpc) is 2.72. The molecule has 0 spiro atoms. The van der Waals surface area contributed by atoms with Gasteiger partial charge in [-0.1, -0.05) is 42.5 Å². The topological polar surface area (TPSA) is 59.0 Å². The summed E-state index contributed by atoms with van der Waals surface area (Å²) in [5.74, 6) is 0. The first kappa shape index (κ1) is 20.7. The molecule has 2 saturated heterocycles. The summed E-state index contributed by atoms with van der Waals surface area (Å²) in [6.07, 6.45) is -4.85. The molecule has 0 aliphatic carbocycles. The highest BCUT2D eigenvalue weighted by atomic mass is 19.4. The van der Waals surface area contributed by atoms with Crippen LogP contribution >= 0.6 is 0 Å².